The third-order valence-electron chi connectivity index (χ3n) is 1.22. The summed E-state index contributed by atoms with van der Waals surface area (Å²) in [7, 11) is 0. The van der Waals surface area contributed by atoms with Crippen molar-refractivity contribution in [1.82, 2.24) is 9.78 Å². The van der Waals surface area contributed by atoms with E-state index in [1.165, 1.54) is 0 Å². The molecule has 0 aromatic carbocycles. The number of aromatic nitrogens is 2. The Morgan fingerprint density at radius 2 is 2.27 bits per heavy atom. The zero-order valence-corrected chi connectivity index (χ0v) is 5.81. The van der Waals surface area contributed by atoms with Gasteiger partial charge in [0.2, 0.25) is 0 Å². The first-order valence-electron chi connectivity index (χ1n) is 3.06. The summed E-state index contributed by atoms with van der Waals surface area (Å²) in [6.07, 6.45) is -3.32. The third-order valence-corrected chi connectivity index (χ3v) is 1.22. The maximum absolute atomic E-state index is 12.0. The van der Waals surface area contributed by atoms with Crippen molar-refractivity contribution in [1.29, 1.82) is 0 Å². The third kappa shape index (κ3) is 1.53. The molecule has 1 aromatic rings. The van der Waals surface area contributed by atoms with Crippen molar-refractivity contribution in [2.45, 2.75) is 19.6 Å². The highest BCUT2D eigenvalue weighted by molar-refractivity contribution is 5.02. The van der Waals surface area contributed by atoms with Gasteiger partial charge in [0, 0.05) is 12.6 Å². The molecule has 11 heavy (non-hydrogen) atoms. The molecule has 0 atom stereocenters. The Kier molecular flexibility index (Phi) is 1.89. The molecule has 0 saturated heterocycles. The fourth-order valence-electron chi connectivity index (χ4n) is 0.760. The molecule has 0 bridgehead atoms. The van der Waals surface area contributed by atoms with Gasteiger partial charge in [-0.25, -0.2) is 0 Å². The molecular formula is C6H6F3N2. The van der Waals surface area contributed by atoms with Crippen LogP contribution in [0.25, 0.3) is 0 Å². The molecule has 1 heterocycles. The Morgan fingerprint density at radius 3 is 2.64 bits per heavy atom. The average Bonchev–Trinajstić information content (AvgIpc) is 2.31. The van der Waals surface area contributed by atoms with E-state index in [2.05, 4.69) is 5.10 Å². The van der Waals surface area contributed by atoms with Gasteiger partial charge in [-0.05, 0) is 6.92 Å². The summed E-state index contributed by atoms with van der Waals surface area (Å²) in [6, 6.07) is 2.02. The van der Waals surface area contributed by atoms with E-state index < -0.39 is 11.9 Å². The Balaban J connectivity index is 3.02. The summed E-state index contributed by atoms with van der Waals surface area (Å²) >= 11 is 0. The van der Waals surface area contributed by atoms with Crippen LogP contribution in [0.4, 0.5) is 13.2 Å². The van der Waals surface area contributed by atoms with E-state index >= 15 is 0 Å². The van der Waals surface area contributed by atoms with Gasteiger partial charge in [0.1, 0.15) is 5.69 Å². The van der Waals surface area contributed by atoms with Gasteiger partial charge in [0.15, 0.2) is 0 Å². The Bertz CT molecular complexity index is 238. The lowest BCUT2D eigenvalue weighted by atomic mass is 10.4. The molecule has 0 N–H and O–H groups in total. The smallest absolute Gasteiger partial charge is 0.260 e. The van der Waals surface area contributed by atoms with Crippen molar-refractivity contribution < 1.29 is 13.2 Å². The lowest BCUT2D eigenvalue weighted by molar-refractivity contribution is -0.144. The Labute approximate surface area is 61.6 Å². The van der Waals surface area contributed by atoms with Crippen LogP contribution in [0.1, 0.15) is 12.6 Å². The topological polar surface area (TPSA) is 17.8 Å². The maximum atomic E-state index is 12.0. The van der Waals surface area contributed by atoms with Gasteiger partial charge in [0.25, 0.3) is 0 Å². The van der Waals surface area contributed by atoms with E-state index in [0.29, 0.717) is 0 Å². The number of nitrogens with zero attached hydrogens (tertiary/aromatic N) is 2. The standard InChI is InChI=1S/C6H6F3N2/c1-2-11-5(3-4-10-11)6(7,8)9/h4H,2H2,1H3. The maximum Gasteiger partial charge on any atom is 0.433 e. The molecule has 0 aliphatic carbocycles. The summed E-state index contributed by atoms with van der Waals surface area (Å²) in [5.41, 5.74) is -0.819. The van der Waals surface area contributed by atoms with Crippen molar-refractivity contribution in [3.8, 4) is 0 Å². The van der Waals surface area contributed by atoms with Crippen molar-refractivity contribution >= 4 is 0 Å². The molecule has 0 spiro atoms. The molecule has 0 aliphatic rings. The highest BCUT2D eigenvalue weighted by atomic mass is 19.4. The van der Waals surface area contributed by atoms with Gasteiger partial charge in [-0.1, -0.05) is 0 Å². The average molecular weight is 163 g/mol. The highest BCUT2D eigenvalue weighted by Gasteiger charge is 2.34. The van der Waals surface area contributed by atoms with Gasteiger partial charge in [-0.15, -0.1) is 0 Å². The molecule has 0 unspecified atom stereocenters. The number of hydrogen-bond donors (Lipinski definition) is 0. The Hall–Kier alpha value is -1.00. The minimum absolute atomic E-state index is 0.207. The van der Waals surface area contributed by atoms with Gasteiger partial charge < -0.3 is 0 Å². The first kappa shape index (κ1) is 8.10. The zero-order valence-electron chi connectivity index (χ0n) is 5.81. The Morgan fingerprint density at radius 1 is 1.64 bits per heavy atom. The minimum atomic E-state index is -4.34. The predicted octanol–water partition coefficient (Wildman–Crippen LogP) is 1.72. The van der Waals surface area contributed by atoms with Crippen LogP contribution in [0.3, 0.4) is 0 Å². The first-order chi connectivity index (χ1) is 5.05. The summed E-state index contributed by atoms with van der Waals surface area (Å²) in [4.78, 5) is 0. The lowest BCUT2D eigenvalue weighted by Crippen LogP contribution is -2.13. The molecule has 2 nitrogen and oxygen atoms in total. The molecule has 1 aromatic heterocycles. The van der Waals surface area contributed by atoms with E-state index in [0.717, 1.165) is 10.9 Å². The molecule has 0 saturated carbocycles. The van der Waals surface area contributed by atoms with Gasteiger partial charge in [-0.2, -0.15) is 18.3 Å². The molecule has 0 amide bonds. The quantitative estimate of drug-likeness (QED) is 0.616. The zero-order chi connectivity index (χ0) is 8.48. The van der Waals surface area contributed by atoms with Crippen LogP contribution in [-0.2, 0) is 12.7 Å². The van der Waals surface area contributed by atoms with Crippen LogP contribution in [-0.4, -0.2) is 9.78 Å². The second kappa shape index (κ2) is 2.56. The normalized spacial score (nSPS) is 12.0. The van der Waals surface area contributed by atoms with E-state index in [-0.39, 0.29) is 6.54 Å². The second-order valence-electron chi connectivity index (χ2n) is 1.95. The van der Waals surface area contributed by atoms with Crippen molar-refractivity contribution in [3.05, 3.63) is 18.0 Å². The molecular weight excluding hydrogens is 157 g/mol. The molecule has 5 heteroatoms. The van der Waals surface area contributed by atoms with Crippen LogP contribution in [0.2, 0.25) is 0 Å². The molecule has 0 fully saturated rings. The number of hydrogen-bond acceptors (Lipinski definition) is 1. The van der Waals surface area contributed by atoms with E-state index in [1.54, 1.807) is 6.92 Å². The second-order valence-corrected chi connectivity index (χ2v) is 1.95. The van der Waals surface area contributed by atoms with Crippen LogP contribution in [0, 0.1) is 6.07 Å². The van der Waals surface area contributed by atoms with Crippen molar-refractivity contribution in [2.24, 2.45) is 0 Å². The summed E-state index contributed by atoms with van der Waals surface area (Å²) in [5.74, 6) is 0. The summed E-state index contributed by atoms with van der Waals surface area (Å²) in [5, 5.41) is 3.44. The highest BCUT2D eigenvalue weighted by Crippen LogP contribution is 2.28. The number of aryl methyl sites for hydroxylation is 1. The largest absolute Gasteiger partial charge is 0.433 e. The molecule has 0 aliphatic heterocycles. The van der Waals surface area contributed by atoms with Gasteiger partial charge >= 0.3 is 6.18 Å². The summed E-state index contributed by atoms with van der Waals surface area (Å²) in [6.45, 7) is 1.80. The van der Waals surface area contributed by atoms with Crippen LogP contribution >= 0.6 is 0 Å². The van der Waals surface area contributed by atoms with E-state index in [1.807, 2.05) is 6.07 Å². The van der Waals surface area contributed by atoms with Crippen LogP contribution in [0.5, 0.6) is 0 Å². The first-order valence-corrected chi connectivity index (χ1v) is 3.06. The fraction of sp³-hybridized carbons (Fsp3) is 0.500. The number of rotatable bonds is 1. The van der Waals surface area contributed by atoms with Crippen LogP contribution in [0.15, 0.2) is 6.20 Å². The van der Waals surface area contributed by atoms with E-state index in [4.69, 9.17) is 0 Å². The molecule has 61 valence electrons. The molecule has 1 rings (SSSR count). The molecule has 1 radical (unpaired) electrons. The monoisotopic (exact) mass is 163 g/mol. The van der Waals surface area contributed by atoms with Gasteiger partial charge in [-0.3, -0.25) is 4.68 Å². The predicted molar refractivity (Wildman–Crippen MR) is 31.7 cm³/mol. The summed E-state index contributed by atoms with van der Waals surface area (Å²) < 4.78 is 36.8. The number of alkyl halides is 3. The van der Waals surface area contributed by atoms with Crippen LogP contribution < -0.4 is 0 Å². The fourth-order valence-corrected chi connectivity index (χ4v) is 0.760. The van der Waals surface area contributed by atoms with Gasteiger partial charge in [0.05, 0.1) is 6.20 Å². The lowest BCUT2D eigenvalue weighted by Gasteiger charge is -2.06. The van der Waals surface area contributed by atoms with E-state index in [9.17, 15) is 13.2 Å². The minimum Gasteiger partial charge on any atom is -0.260 e. The van der Waals surface area contributed by atoms with Crippen molar-refractivity contribution in [3.63, 3.8) is 0 Å². The SMILES string of the molecule is CCn1nc[c]c1C(F)(F)F. The van der Waals surface area contributed by atoms with Crippen molar-refractivity contribution in [2.75, 3.05) is 0 Å². The number of halogens is 3.